The van der Waals surface area contributed by atoms with Crippen molar-refractivity contribution in [3.05, 3.63) is 23.8 Å². The Morgan fingerprint density at radius 2 is 2.14 bits per heavy atom. The number of hydrogen-bond acceptors (Lipinski definition) is 3. The van der Waals surface area contributed by atoms with E-state index in [4.69, 9.17) is 9.47 Å². The predicted octanol–water partition coefficient (Wildman–Crippen LogP) is 3.54. The molecule has 0 heterocycles. The first-order valence-electron chi connectivity index (χ1n) is 7.52. The Morgan fingerprint density at radius 3 is 2.71 bits per heavy atom. The zero-order valence-electron chi connectivity index (χ0n) is 13.4. The monoisotopic (exact) mass is 291 g/mol. The summed E-state index contributed by atoms with van der Waals surface area (Å²) in [7, 11) is 3.28. The molecule has 0 aromatic heterocycles. The third kappa shape index (κ3) is 3.38. The second kappa shape index (κ2) is 6.48. The lowest BCUT2D eigenvalue weighted by Gasteiger charge is -2.37. The first-order chi connectivity index (χ1) is 10.0. The quantitative estimate of drug-likeness (QED) is 0.923. The Hall–Kier alpha value is -1.55. The van der Waals surface area contributed by atoms with Crippen molar-refractivity contribution in [2.24, 2.45) is 5.92 Å². The first kappa shape index (κ1) is 15.8. The zero-order chi connectivity index (χ0) is 15.5. The van der Waals surface area contributed by atoms with E-state index in [1.54, 1.807) is 14.2 Å². The van der Waals surface area contributed by atoms with Gasteiger partial charge in [0.05, 0.1) is 7.11 Å². The van der Waals surface area contributed by atoms with Crippen LogP contribution in [0.2, 0.25) is 0 Å². The van der Waals surface area contributed by atoms with Crippen LogP contribution in [0.15, 0.2) is 18.2 Å². The summed E-state index contributed by atoms with van der Waals surface area (Å²) in [5.74, 6) is 1.30. The molecule has 1 fully saturated rings. The van der Waals surface area contributed by atoms with E-state index in [0.29, 0.717) is 5.92 Å². The van der Waals surface area contributed by atoms with Gasteiger partial charge in [-0.05, 0) is 55.9 Å². The molecule has 1 amide bonds. The van der Waals surface area contributed by atoms with Crippen molar-refractivity contribution in [3.8, 4) is 5.75 Å². The van der Waals surface area contributed by atoms with Crippen LogP contribution >= 0.6 is 0 Å². The van der Waals surface area contributed by atoms with Crippen molar-refractivity contribution in [2.75, 3.05) is 19.5 Å². The fourth-order valence-corrected chi connectivity index (χ4v) is 3.19. The van der Waals surface area contributed by atoms with Crippen molar-refractivity contribution in [1.82, 2.24) is 0 Å². The van der Waals surface area contributed by atoms with Gasteiger partial charge in [-0.3, -0.25) is 4.79 Å². The number of anilines is 1. The minimum Gasteiger partial charge on any atom is -0.496 e. The molecule has 2 atom stereocenters. The summed E-state index contributed by atoms with van der Waals surface area (Å²) in [6.45, 7) is 4.14. The Bertz CT molecular complexity index is 515. The first-order valence-corrected chi connectivity index (χ1v) is 7.52. The highest BCUT2D eigenvalue weighted by Gasteiger charge is 2.41. The van der Waals surface area contributed by atoms with Crippen LogP contribution in [0, 0.1) is 12.8 Å². The molecule has 0 spiro atoms. The second-order valence-corrected chi connectivity index (χ2v) is 6.04. The fraction of sp³-hybridized carbons (Fsp3) is 0.588. The number of methoxy groups -OCH3 is 2. The highest BCUT2D eigenvalue weighted by molar-refractivity contribution is 5.97. The summed E-state index contributed by atoms with van der Waals surface area (Å²) in [6, 6.07) is 5.65. The normalized spacial score (nSPS) is 25.4. The SMILES string of the molecule is COc1ccc(NC(=O)[C@]2(OC)CCC[C@@H](C)C2)cc1C. The number of carbonyl (C=O) groups excluding carboxylic acids is 1. The lowest BCUT2D eigenvalue weighted by atomic mass is 9.78. The van der Waals surface area contributed by atoms with E-state index in [1.165, 1.54) is 6.42 Å². The largest absolute Gasteiger partial charge is 0.496 e. The van der Waals surface area contributed by atoms with Crippen LogP contribution in [0.1, 0.15) is 38.2 Å². The van der Waals surface area contributed by atoms with Crippen LogP contribution in [0.3, 0.4) is 0 Å². The van der Waals surface area contributed by atoms with Gasteiger partial charge in [0.15, 0.2) is 0 Å². The number of rotatable bonds is 4. The van der Waals surface area contributed by atoms with Crippen LogP contribution in [0.5, 0.6) is 5.75 Å². The van der Waals surface area contributed by atoms with E-state index in [0.717, 1.165) is 36.3 Å². The molecule has 0 aliphatic heterocycles. The van der Waals surface area contributed by atoms with Crippen LogP contribution in [-0.4, -0.2) is 25.7 Å². The Kier molecular flexibility index (Phi) is 4.88. The third-order valence-electron chi connectivity index (χ3n) is 4.41. The smallest absolute Gasteiger partial charge is 0.256 e. The van der Waals surface area contributed by atoms with Gasteiger partial charge in [0.1, 0.15) is 11.4 Å². The average Bonchev–Trinajstić information content (AvgIpc) is 2.47. The molecular formula is C17H25NO3. The van der Waals surface area contributed by atoms with Gasteiger partial charge in [0, 0.05) is 12.8 Å². The van der Waals surface area contributed by atoms with Gasteiger partial charge in [-0.25, -0.2) is 0 Å². The second-order valence-electron chi connectivity index (χ2n) is 6.04. The van der Waals surface area contributed by atoms with E-state index >= 15 is 0 Å². The molecule has 0 bridgehead atoms. The van der Waals surface area contributed by atoms with Crippen molar-refractivity contribution in [1.29, 1.82) is 0 Å². The molecule has 21 heavy (non-hydrogen) atoms. The van der Waals surface area contributed by atoms with Gasteiger partial charge in [0.2, 0.25) is 0 Å². The third-order valence-corrected chi connectivity index (χ3v) is 4.41. The molecule has 0 radical (unpaired) electrons. The maximum atomic E-state index is 12.7. The molecule has 1 N–H and O–H groups in total. The van der Waals surface area contributed by atoms with Gasteiger partial charge in [-0.1, -0.05) is 13.3 Å². The van der Waals surface area contributed by atoms with Crippen LogP contribution in [0.4, 0.5) is 5.69 Å². The van der Waals surface area contributed by atoms with Crippen molar-refractivity contribution < 1.29 is 14.3 Å². The lowest BCUT2D eigenvalue weighted by molar-refractivity contribution is -0.143. The number of aryl methyl sites for hydroxylation is 1. The molecule has 2 rings (SSSR count). The Balaban J connectivity index is 2.14. The van der Waals surface area contributed by atoms with Gasteiger partial charge in [0.25, 0.3) is 5.91 Å². The fourth-order valence-electron chi connectivity index (χ4n) is 3.19. The number of hydrogen-bond donors (Lipinski definition) is 1. The van der Waals surface area contributed by atoms with Crippen LogP contribution < -0.4 is 10.1 Å². The van der Waals surface area contributed by atoms with Crippen LogP contribution in [0.25, 0.3) is 0 Å². The van der Waals surface area contributed by atoms with Gasteiger partial charge >= 0.3 is 0 Å². The van der Waals surface area contributed by atoms with Gasteiger partial charge in [-0.2, -0.15) is 0 Å². The summed E-state index contributed by atoms with van der Waals surface area (Å²) in [5, 5.41) is 3.00. The molecule has 1 aromatic rings. The number of benzene rings is 1. The maximum absolute atomic E-state index is 12.7. The van der Waals surface area contributed by atoms with Crippen molar-refractivity contribution in [3.63, 3.8) is 0 Å². The van der Waals surface area contributed by atoms with E-state index in [9.17, 15) is 4.79 Å². The molecule has 1 aromatic carbocycles. The molecule has 1 saturated carbocycles. The number of ether oxygens (including phenoxy) is 2. The number of nitrogens with one attached hydrogen (secondary N) is 1. The van der Waals surface area contributed by atoms with E-state index < -0.39 is 5.60 Å². The molecular weight excluding hydrogens is 266 g/mol. The summed E-state index contributed by atoms with van der Waals surface area (Å²) in [5.41, 5.74) is 1.10. The predicted molar refractivity (Wildman–Crippen MR) is 83.7 cm³/mol. The summed E-state index contributed by atoms with van der Waals surface area (Å²) in [6.07, 6.45) is 3.77. The van der Waals surface area contributed by atoms with Crippen molar-refractivity contribution >= 4 is 11.6 Å². The topological polar surface area (TPSA) is 47.6 Å². The summed E-state index contributed by atoms with van der Waals surface area (Å²) in [4.78, 5) is 12.7. The van der Waals surface area contributed by atoms with Crippen molar-refractivity contribution in [2.45, 2.75) is 45.1 Å². The average molecular weight is 291 g/mol. The molecule has 4 nitrogen and oxygen atoms in total. The highest BCUT2D eigenvalue weighted by atomic mass is 16.5. The highest BCUT2D eigenvalue weighted by Crippen LogP contribution is 2.36. The minimum atomic E-state index is -0.689. The molecule has 1 aliphatic rings. The summed E-state index contributed by atoms with van der Waals surface area (Å²) >= 11 is 0. The Morgan fingerprint density at radius 1 is 1.38 bits per heavy atom. The van der Waals surface area contributed by atoms with Gasteiger partial charge in [-0.15, -0.1) is 0 Å². The molecule has 116 valence electrons. The van der Waals surface area contributed by atoms with E-state index in [2.05, 4.69) is 12.2 Å². The molecule has 1 aliphatic carbocycles. The zero-order valence-corrected chi connectivity index (χ0v) is 13.4. The van der Waals surface area contributed by atoms with E-state index in [-0.39, 0.29) is 5.91 Å². The minimum absolute atomic E-state index is 0.0406. The molecule has 4 heteroatoms. The van der Waals surface area contributed by atoms with E-state index in [1.807, 2.05) is 25.1 Å². The maximum Gasteiger partial charge on any atom is 0.256 e. The lowest BCUT2D eigenvalue weighted by Crippen LogP contribution is -2.47. The number of amides is 1. The molecule has 0 saturated heterocycles. The van der Waals surface area contributed by atoms with Gasteiger partial charge < -0.3 is 14.8 Å². The number of carbonyl (C=O) groups is 1. The van der Waals surface area contributed by atoms with Crippen LogP contribution in [-0.2, 0) is 9.53 Å². The summed E-state index contributed by atoms with van der Waals surface area (Å²) < 4.78 is 10.9. The molecule has 0 unspecified atom stereocenters. The Labute approximate surface area is 126 Å². The standard InChI is InChI=1S/C17H25NO3/c1-12-6-5-9-17(11-12,21-4)16(19)18-14-7-8-15(20-3)13(2)10-14/h7-8,10,12H,5-6,9,11H2,1-4H3,(H,18,19)/t12-,17+/m1/s1.